The van der Waals surface area contributed by atoms with Crippen LogP contribution in [0.5, 0.6) is 0 Å². The number of hydrogen-bond donors (Lipinski definition) is 2. The molecule has 0 aromatic carbocycles. The Hall–Kier alpha value is -0.570. The summed E-state index contributed by atoms with van der Waals surface area (Å²) >= 11 is 0. The van der Waals surface area contributed by atoms with E-state index in [1.807, 2.05) is 0 Å². The lowest BCUT2D eigenvalue weighted by Gasteiger charge is -2.34. The third kappa shape index (κ3) is 3.97. The lowest BCUT2D eigenvalue weighted by Crippen LogP contribution is -2.46. The number of rotatable bonds is 8. The summed E-state index contributed by atoms with van der Waals surface area (Å²) in [5.74, 6) is 0.780. The highest BCUT2D eigenvalue weighted by Gasteiger charge is 2.41. The zero-order valence-corrected chi connectivity index (χ0v) is 13.8. The molecule has 3 heteroatoms. The molecule has 1 fully saturated rings. The van der Waals surface area contributed by atoms with E-state index in [0.717, 1.165) is 32.1 Å². The molecule has 0 radical (unpaired) electrons. The molecule has 1 rings (SSSR count). The normalized spacial score (nSPS) is 18.5. The number of hydrogen-bond acceptors (Lipinski definition) is 2. The van der Waals surface area contributed by atoms with Crippen LogP contribution in [0.2, 0.25) is 0 Å². The molecular formula is C17H33NO2. The molecule has 0 saturated heterocycles. The second kappa shape index (κ2) is 7.44. The summed E-state index contributed by atoms with van der Waals surface area (Å²) in [6, 6.07) is 0. The smallest absolute Gasteiger partial charge is 0.226 e. The molecule has 20 heavy (non-hydrogen) atoms. The summed E-state index contributed by atoms with van der Waals surface area (Å²) in [7, 11) is 0. The maximum atomic E-state index is 12.7. The van der Waals surface area contributed by atoms with E-state index in [1.54, 1.807) is 0 Å². The molecule has 1 aliphatic rings. The van der Waals surface area contributed by atoms with E-state index >= 15 is 0 Å². The van der Waals surface area contributed by atoms with E-state index in [4.69, 9.17) is 0 Å². The van der Waals surface area contributed by atoms with Crippen molar-refractivity contribution < 1.29 is 9.90 Å². The first-order chi connectivity index (χ1) is 9.43. The van der Waals surface area contributed by atoms with Crippen LogP contribution in [0.4, 0.5) is 0 Å². The number of nitrogens with one attached hydrogen (secondary N) is 1. The van der Waals surface area contributed by atoms with Gasteiger partial charge < -0.3 is 10.4 Å². The van der Waals surface area contributed by atoms with Crippen molar-refractivity contribution in [1.29, 1.82) is 0 Å². The van der Waals surface area contributed by atoms with Crippen LogP contribution in [0.15, 0.2) is 0 Å². The molecule has 0 aromatic rings. The van der Waals surface area contributed by atoms with Crippen molar-refractivity contribution in [3.05, 3.63) is 0 Å². The maximum absolute atomic E-state index is 12.7. The van der Waals surface area contributed by atoms with Gasteiger partial charge in [-0.15, -0.1) is 0 Å². The van der Waals surface area contributed by atoms with Gasteiger partial charge in [0.05, 0.1) is 6.61 Å². The fourth-order valence-electron chi connectivity index (χ4n) is 3.59. The molecule has 118 valence electrons. The highest BCUT2D eigenvalue weighted by Crippen LogP contribution is 2.43. The van der Waals surface area contributed by atoms with Crippen LogP contribution in [0.1, 0.15) is 72.6 Å². The van der Waals surface area contributed by atoms with E-state index in [9.17, 15) is 9.90 Å². The molecule has 0 atom stereocenters. The average molecular weight is 283 g/mol. The predicted octanol–water partition coefficient (Wildman–Crippen LogP) is 3.51. The monoisotopic (exact) mass is 283 g/mol. The summed E-state index contributed by atoms with van der Waals surface area (Å²) in [6.07, 6.45) is 7.20. The summed E-state index contributed by atoms with van der Waals surface area (Å²) < 4.78 is 0. The number of aliphatic hydroxyl groups is 1. The van der Waals surface area contributed by atoms with Crippen LogP contribution >= 0.6 is 0 Å². The van der Waals surface area contributed by atoms with Gasteiger partial charge in [-0.25, -0.2) is 0 Å². The van der Waals surface area contributed by atoms with Crippen molar-refractivity contribution in [2.24, 2.45) is 16.7 Å². The quantitative estimate of drug-likeness (QED) is 0.716. The largest absolute Gasteiger partial charge is 0.396 e. The molecule has 0 aromatic heterocycles. The van der Waals surface area contributed by atoms with Crippen molar-refractivity contribution in [3.63, 3.8) is 0 Å². The minimum Gasteiger partial charge on any atom is -0.396 e. The molecule has 3 nitrogen and oxygen atoms in total. The Balaban J connectivity index is 2.68. The van der Waals surface area contributed by atoms with Gasteiger partial charge in [-0.2, -0.15) is 0 Å². The van der Waals surface area contributed by atoms with Gasteiger partial charge in [-0.05, 0) is 38.0 Å². The third-order valence-corrected chi connectivity index (χ3v) is 5.30. The van der Waals surface area contributed by atoms with Crippen LogP contribution in [0.3, 0.4) is 0 Å². The number of aliphatic hydroxyl groups excluding tert-OH is 1. The Bertz CT molecular complexity index is 294. The van der Waals surface area contributed by atoms with Crippen LogP contribution < -0.4 is 5.32 Å². The average Bonchev–Trinajstić information content (AvgIpc) is 2.89. The molecule has 1 saturated carbocycles. The van der Waals surface area contributed by atoms with E-state index in [-0.39, 0.29) is 23.3 Å². The molecule has 0 unspecified atom stereocenters. The van der Waals surface area contributed by atoms with Crippen LogP contribution in [0.25, 0.3) is 0 Å². The van der Waals surface area contributed by atoms with Gasteiger partial charge in [0.25, 0.3) is 0 Å². The zero-order valence-electron chi connectivity index (χ0n) is 13.8. The van der Waals surface area contributed by atoms with Gasteiger partial charge in [-0.3, -0.25) is 4.79 Å². The fraction of sp³-hybridized carbons (Fsp3) is 0.941. The Morgan fingerprint density at radius 3 is 2.20 bits per heavy atom. The Morgan fingerprint density at radius 1 is 1.25 bits per heavy atom. The van der Waals surface area contributed by atoms with Gasteiger partial charge in [0.2, 0.25) is 5.91 Å². The second-order valence-corrected chi connectivity index (χ2v) is 7.13. The Labute approximate surface area is 124 Å². The van der Waals surface area contributed by atoms with Crippen LogP contribution in [-0.4, -0.2) is 24.2 Å². The minimum absolute atomic E-state index is 0.142. The summed E-state index contributed by atoms with van der Waals surface area (Å²) in [6.45, 7) is 9.33. The Morgan fingerprint density at radius 2 is 1.80 bits per heavy atom. The summed E-state index contributed by atoms with van der Waals surface area (Å²) in [5, 5.41) is 12.8. The minimum atomic E-state index is -0.146. The summed E-state index contributed by atoms with van der Waals surface area (Å²) in [5.41, 5.74) is -0.288. The molecule has 0 bridgehead atoms. The van der Waals surface area contributed by atoms with Crippen molar-refractivity contribution in [2.45, 2.75) is 72.6 Å². The predicted molar refractivity (Wildman–Crippen MR) is 83.5 cm³/mol. The third-order valence-electron chi connectivity index (χ3n) is 5.30. The molecule has 0 heterocycles. The van der Waals surface area contributed by atoms with Gasteiger partial charge in [-0.1, -0.05) is 40.5 Å². The first-order valence-electron chi connectivity index (χ1n) is 8.33. The van der Waals surface area contributed by atoms with Crippen molar-refractivity contribution in [2.75, 3.05) is 13.2 Å². The SMILES string of the molecule is CCC(CC)(CO)CNC(=O)C1(CC(C)C)CCCC1. The topological polar surface area (TPSA) is 49.3 Å². The fourth-order valence-corrected chi connectivity index (χ4v) is 3.59. The van der Waals surface area contributed by atoms with E-state index in [0.29, 0.717) is 12.5 Å². The first-order valence-corrected chi connectivity index (χ1v) is 8.33. The number of carbonyl (C=O) groups excluding carboxylic acids is 1. The molecule has 0 aliphatic heterocycles. The molecule has 1 aliphatic carbocycles. The van der Waals surface area contributed by atoms with Gasteiger partial charge in [0.15, 0.2) is 0 Å². The lowest BCUT2D eigenvalue weighted by atomic mass is 9.77. The first kappa shape index (κ1) is 17.5. The molecule has 1 amide bonds. The van der Waals surface area contributed by atoms with Crippen molar-refractivity contribution in [3.8, 4) is 0 Å². The standard InChI is InChI=1S/C17H33NO2/c1-5-16(6-2,13-19)12-18-15(20)17(11-14(3)4)9-7-8-10-17/h14,19H,5-13H2,1-4H3,(H,18,20). The number of amides is 1. The van der Waals surface area contributed by atoms with Crippen molar-refractivity contribution >= 4 is 5.91 Å². The molecule has 0 spiro atoms. The molecule has 2 N–H and O–H groups in total. The number of carbonyl (C=O) groups is 1. The second-order valence-electron chi connectivity index (χ2n) is 7.13. The lowest BCUT2D eigenvalue weighted by molar-refractivity contribution is -0.132. The van der Waals surface area contributed by atoms with E-state index in [2.05, 4.69) is 33.0 Å². The van der Waals surface area contributed by atoms with Crippen LogP contribution in [-0.2, 0) is 4.79 Å². The van der Waals surface area contributed by atoms with E-state index < -0.39 is 0 Å². The maximum Gasteiger partial charge on any atom is 0.226 e. The highest BCUT2D eigenvalue weighted by atomic mass is 16.3. The van der Waals surface area contributed by atoms with Gasteiger partial charge in [0, 0.05) is 17.4 Å². The summed E-state index contributed by atoms with van der Waals surface area (Å²) in [4.78, 5) is 12.7. The highest BCUT2D eigenvalue weighted by molar-refractivity contribution is 5.83. The zero-order chi connectivity index (χ0) is 15.2. The van der Waals surface area contributed by atoms with Gasteiger partial charge >= 0.3 is 0 Å². The Kier molecular flexibility index (Phi) is 6.50. The van der Waals surface area contributed by atoms with Gasteiger partial charge in [0.1, 0.15) is 0 Å². The van der Waals surface area contributed by atoms with Crippen molar-refractivity contribution in [1.82, 2.24) is 5.32 Å². The van der Waals surface area contributed by atoms with E-state index in [1.165, 1.54) is 12.8 Å². The van der Waals surface area contributed by atoms with Crippen LogP contribution in [0, 0.1) is 16.7 Å². The molecular weight excluding hydrogens is 250 g/mol.